The van der Waals surface area contributed by atoms with Gasteiger partial charge in [-0.2, -0.15) is 0 Å². The molecule has 0 aromatic carbocycles. The molecule has 70 heavy (non-hydrogen) atoms. The topological polar surface area (TPSA) is 78.9 Å². The zero-order valence-corrected chi connectivity index (χ0v) is 46.3. The molecule has 0 saturated carbocycles. The summed E-state index contributed by atoms with van der Waals surface area (Å²) >= 11 is 0. The van der Waals surface area contributed by atoms with Crippen LogP contribution in [-0.2, 0) is 28.6 Å². The second-order valence-electron chi connectivity index (χ2n) is 19.9. The normalized spacial score (nSPS) is 12.6. The summed E-state index contributed by atoms with van der Waals surface area (Å²) in [5.41, 5.74) is 0. The van der Waals surface area contributed by atoms with Crippen LogP contribution in [0.4, 0.5) is 0 Å². The fourth-order valence-electron chi connectivity index (χ4n) is 8.53. The number of ether oxygens (including phenoxy) is 3. The van der Waals surface area contributed by atoms with E-state index in [1.165, 1.54) is 173 Å². The first-order valence-electron chi connectivity index (χ1n) is 29.9. The van der Waals surface area contributed by atoms with Gasteiger partial charge < -0.3 is 14.2 Å². The maximum absolute atomic E-state index is 12.9. The molecule has 404 valence electrons. The van der Waals surface area contributed by atoms with Crippen LogP contribution in [0, 0.1) is 0 Å². The summed E-state index contributed by atoms with van der Waals surface area (Å²) in [6.45, 7) is 6.50. The van der Waals surface area contributed by atoms with E-state index in [0.29, 0.717) is 19.3 Å². The number of rotatable bonds is 54. The highest BCUT2D eigenvalue weighted by atomic mass is 16.6. The first-order valence-corrected chi connectivity index (χ1v) is 29.9. The van der Waals surface area contributed by atoms with Gasteiger partial charge in [0.1, 0.15) is 13.2 Å². The molecule has 0 aliphatic heterocycles. The van der Waals surface area contributed by atoms with Crippen molar-refractivity contribution in [2.24, 2.45) is 0 Å². The van der Waals surface area contributed by atoms with E-state index in [4.69, 9.17) is 14.2 Å². The van der Waals surface area contributed by atoms with Crippen LogP contribution in [0.3, 0.4) is 0 Å². The zero-order chi connectivity index (χ0) is 50.7. The Morgan fingerprint density at radius 1 is 0.300 bits per heavy atom. The molecule has 0 amide bonds. The Bertz CT molecular complexity index is 1310. The average Bonchev–Trinajstić information content (AvgIpc) is 3.36. The van der Waals surface area contributed by atoms with Crippen molar-refractivity contribution in [3.8, 4) is 0 Å². The maximum Gasteiger partial charge on any atom is 0.306 e. The van der Waals surface area contributed by atoms with Gasteiger partial charge in [-0.3, -0.25) is 14.4 Å². The van der Waals surface area contributed by atoms with Crippen LogP contribution in [-0.4, -0.2) is 37.2 Å². The van der Waals surface area contributed by atoms with Crippen molar-refractivity contribution >= 4 is 17.9 Å². The van der Waals surface area contributed by atoms with Crippen molar-refractivity contribution in [3.05, 3.63) is 72.9 Å². The second kappa shape index (κ2) is 58.4. The summed E-state index contributed by atoms with van der Waals surface area (Å²) in [7, 11) is 0. The van der Waals surface area contributed by atoms with Gasteiger partial charge in [-0.1, -0.05) is 293 Å². The standard InChI is InChI=1S/C64H112O6/c1-4-7-10-13-16-19-22-25-28-30-32-34-36-39-42-45-48-51-54-57-63(66)69-60-61(59-68-62(65)56-53-50-47-44-41-38-27-24-21-18-15-12-9-6-3)70-64(67)58-55-52-49-46-43-40-37-35-33-31-29-26-23-20-17-14-11-8-5-2/h7,10,16,19,25,28,32,34,39,42,48,51,61H,4-6,8-9,11-15,17-18,20-24,26-27,29-31,33,35-38,40-41,43-47,49-50,52-60H2,1-3H3/b10-7-,19-16-,28-25-,34-32-,42-39-,51-48-/t61-/m1/s1. The molecular weight excluding hydrogens is 865 g/mol. The van der Waals surface area contributed by atoms with E-state index in [1.807, 2.05) is 6.08 Å². The molecule has 0 rings (SSSR count). The van der Waals surface area contributed by atoms with Gasteiger partial charge in [0.25, 0.3) is 0 Å². The molecule has 0 heterocycles. The Hall–Kier alpha value is -3.15. The van der Waals surface area contributed by atoms with Gasteiger partial charge in [0, 0.05) is 19.3 Å². The molecule has 0 unspecified atom stereocenters. The van der Waals surface area contributed by atoms with Crippen molar-refractivity contribution in [2.75, 3.05) is 13.2 Å². The van der Waals surface area contributed by atoms with Crippen molar-refractivity contribution in [3.63, 3.8) is 0 Å². The van der Waals surface area contributed by atoms with Crippen LogP contribution < -0.4 is 0 Å². The van der Waals surface area contributed by atoms with Gasteiger partial charge in [0.2, 0.25) is 0 Å². The molecule has 0 aromatic heterocycles. The van der Waals surface area contributed by atoms with E-state index in [0.717, 1.165) is 77.0 Å². The van der Waals surface area contributed by atoms with Crippen LogP contribution in [0.15, 0.2) is 72.9 Å². The van der Waals surface area contributed by atoms with E-state index in [9.17, 15) is 14.4 Å². The molecule has 0 spiro atoms. The predicted octanol–water partition coefficient (Wildman–Crippen LogP) is 20.2. The molecule has 0 radical (unpaired) electrons. The monoisotopic (exact) mass is 977 g/mol. The number of hydrogen-bond acceptors (Lipinski definition) is 6. The third-order valence-corrected chi connectivity index (χ3v) is 13.0. The fourth-order valence-corrected chi connectivity index (χ4v) is 8.53. The number of hydrogen-bond donors (Lipinski definition) is 0. The summed E-state index contributed by atoms with van der Waals surface area (Å²) in [6, 6.07) is 0. The number of allylic oxidation sites excluding steroid dienone is 12. The molecule has 0 bridgehead atoms. The molecule has 0 fully saturated rings. The first kappa shape index (κ1) is 66.9. The fraction of sp³-hybridized carbons (Fsp3) is 0.766. The molecule has 6 heteroatoms. The molecule has 0 aromatic rings. The molecular formula is C64H112O6. The lowest BCUT2D eigenvalue weighted by Crippen LogP contribution is -2.30. The largest absolute Gasteiger partial charge is 0.462 e. The van der Waals surface area contributed by atoms with E-state index < -0.39 is 6.10 Å². The molecule has 0 aliphatic carbocycles. The molecule has 0 saturated heterocycles. The highest BCUT2D eigenvalue weighted by molar-refractivity contribution is 5.71. The summed E-state index contributed by atoms with van der Waals surface area (Å²) in [5, 5.41) is 0. The maximum atomic E-state index is 12.9. The third-order valence-electron chi connectivity index (χ3n) is 13.0. The summed E-state index contributed by atoms with van der Waals surface area (Å²) < 4.78 is 16.8. The third kappa shape index (κ3) is 55.8. The van der Waals surface area contributed by atoms with E-state index in [2.05, 4.69) is 87.6 Å². The van der Waals surface area contributed by atoms with Gasteiger partial charge in [-0.25, -0.2) is 0 Å². The molecule has 0 N–H and O–H groups in total. The van der Waals surface area contributed by atoms with E-state index in [-0.39, 0.29) is 37.5 Å². The Labute approximate surface area is 433 Å². The first-order chi connectivity index (χ1) is 34.5. The summed E-state index contributed by atoms with van der Waals surface area (Å²) in [5.74, 6) is -0.968. The minimum atomic E-state index is -0.803. The van der Waals surface area contributed by atoms with E-state index >= 15 is 0 Å². The second-order valence-corrected chi connectivity index (χ2v) is 19.9. The Morgan fingerprint density at radius 2 is 0.557 bits per heavy atom. The predicted molar refractivity (Wildman–Crippen MR) is 302 cm³/mol. The van der Waals surface area contributed by atoms with Crippen LogP contribution in [0.2, 0.25) is 0 Å². The van der Waals surface area contributed by atoms with Crippen LogP contribution in [0.25, 0.3) is 0 Å². The summed E-state index contributed by atoms with van der Waals surface area (Å²) in [4.78, 5) is 38.2. The Kier molecular flexibility index (Phi) is 55.8. The van der Waals surface area contributed by atoms with Gasteiger partial charge in [-0.05, 0) is 57.8 Å². The van der Waals surface area contributed by atoms with Gasteiger partial charge in [-0.15, -0.1) is 0 Å². The van der Waals surface area contributed by atoms with E-state index in [1.54, 1.807) is 0 Å². The van der Waals surface area contributed by atoms with Gasteiger partial charge in [0.05, 0.1) is 0 Å². The highest BCUT2D eigenvalue weighted by Gasteiger charge is 2.19. The van der Waals surface area contributed by atoms with Crippen LogP contribution in [0.1, 0.15) is 297 Å². The summed E-state index contributed by atoms with van der Waals surface area (Å²) in [6.07, 6.45) is 74.8. The number of esters is 3. The van der Waals surface area contributed by atoms with Crippen molar-refractivity contribution in [2.45, 2.75) is 303 Å². The van der Waals surface area contributed by atoms with Crippen molar-refractivity contribution < 1.29 is 28.6 Å². The highest BCUT2D eigenvalue weighted by Crippen LogP contribution is 2.17. The minimum absolute atomic E-state index is 0.0944. The smallest absolute Gasteiger partial charge is 0.306 e. The lowest BCUT2D eigenvalue weighted by Gasteiger charge is -2.18. The van der Waals surface area contributed by atoms with Crippen molar-refractivity contribution in [1.82, 2.24) is 0 Å². The molecule has 6 nitrogen and oxygen atoms in total. The molecule has 0 aliphatic rings. The van der Waals surface area contributed by atoms with Crippen molar-refractivity contribution in [1.29, 1.82) is 0 Å². The number of carbonyl (C=O) groups excluding carboxylic acids is 3. The SMILES string of the molecule is CC/C=C\C/C=C\C/C=C\C/C=C\C/C=C\C/C=C\CCC(=O)OC[C@@H](COC(=O)CCCCCCCCCCCCCCCC)OC(=O)CCCCCCCCCCCCCCCCCCCCC. The number of carbonyl (C=O) groups is 3. The van der Waals surface area contributed by atoms with Crippen LogP contribution in [0.5, 0.6) is 0 Å². The Balaban J connectivity index is 4.44. The van der Waals surface area contributed by atoms with Gasteiger partial charge >= 0.3 is 17.9 Å². The van der Waals surface area contributed by atoms with Crippen LogP contribution >= 0.6 is 0 Å². The Morgan fingerprint density at radius 3 is 0.871 bits per heavy atom. The minimum Gasteiger partial charge on any atom is -0.462 e. The zero-order valence-electron chi connectivity index (χ0n) is 46.3. The van der Waals surface area contributed by atoms with Gasteiger partial charge in [0.15, 0.2) is 6.10 Å². The average molecular weight is 978 g/mol. The lowest BCUT2D eigenvalue weighted by atomic mass is 10.0. The quantitative estimate of drug-likeness (QED) is 0.0261. The lowest BCUT2D eigenvalue weighted by molar-refractivity contribution is -0.166. The number of unbranched alkanes of at least 4 members (excludes halogenated alkanes) is 31. The molecule has 1 atom stereocenters.